The zero-order valence-corrected chi connectivity index (χ0v) is 11.6. The first kappa shape index (κ1) is 14.0. The second-order valence-corrected chi connectivity index (χ2v) is 4.51. The van der Waals surface area contributed by atoms with Crippen molar-refractivity contribution in [3.05, 3.63) is 41.0 Å². The summed E-state index contributed by atoms with van der Waals surface area (Å²) in [7, 11) is 0. The summed E-state index contributed by atoms with van der Waals surface area (Å²) in [4.78, 5) is 16.1. The number of nitrogens with two attached hydrogens (primary N) is 1. The molecule has 20 heavy (non-hydrogen) atoms. The summed E-state index contributed by atoms with van der Waals surface area (Å²) in [5, 5.41) is 6.74. The number of amides is 1. The van der Waals surface area contributed by atoms with E-state index in [0.29, 0.717) is 17.1 Å². The predicted octanol–water partition coefficient (Wildman–Crippen LogP) is 1.46. The third-order valence-corrected chi connectivity index (χ3v) is 3.03. The van der Waals surface area contributed by atoms with Crippen LogP contribution in [-0.4, -0.2) is 16.0 Å². The number of nitrogens with one attached hydrogen (secondary N) is 2. The number of rotatable bonds is 4. The Labute approximate surface area is 116 Å². The molecule has 0 spiro atoms. The standard InChI is InChI=1S/C13H17N5O2/c1-7(12-8(2)18-20-9(12)3)16-13(19)11-5-4-10(17-14)6-15-11/h4-7,17H,14H2,1-3H3,(H,16,19). The molecular formula is C13H17N5O2. The lowest BCUT2D eigenvalue weighted by atomic mass is 10.1. The molecule has 0 radical (unpaired) electrons. The number of anilines is 1. The quantitative estimate of drug-likeness (QED) is 0.576. The fourth-order valence-corrected chi connectivity index (χ4v) is 2.06. The number of nitrogen functional groups attached to an aromatic ring is 1. The van der Waals surface area contributed by atoms with Crippen molar-refractivity contribution in [3.63, 3.8) is 0 Å². The number of hydrogen-bond acceptors (Lipinski definition) is 6. The van der Waals surface area contributed by atoms with Gasteiger partial charge in [-0.05, 0) is 32.9 Å². The fourth-order valence-electron chi connectivity index (χ4n) is 2.06. The molecule has 0 aliphatic heterocycles. The van der Waals surface area contributed by atoms with Gasteiger partial charge in [-0.15, -0.1) is 0 Å². The van der Waals surface area contributed by atoms with Crippen LogP contribution in [0, 0.1) is 13.8 Å². The van der Waals surface area contributed by atoms with Crippen molar-refractivity contribution in [2.24, 2.45) is 5.84 Å². The Kier molecular flexibility index (Phi) is 3.99. The number of aromatic nitrogens is 2. The van der Waals surface area contributed by atoms with Crippen LogP contribution in [-0.2, 0) is 0 Å². The van der Waals surface area contributed by atoms with Crippen molar-refractivity contribution in [3.8, 4) is 0 Å². The van der Waals surface area contributed by atoms with Gasteiger partial charge in [-0.2, -0.15) is 0 Å². The lowest BCUT2D eigenvalue weighted by Crippen LogP contribution is -2.28. The molecule has 4 N–H and O–H groups in total. The van der Waals surface area contributed by atoms with Crippen LogP contribution >= 0.6 is 0 Å². The van der Waals surface area contributed by atoms with Crippen LogP contribution in [0.4, 0.5) is 5.69 Å². The van der Waals surface area contributed by atoms with Gasteiger partial charge in [0.05, 0.1) is 23.6 Å². The number of aryl methyl sites for hydroxylation is 2. The molecule has 7 nitrogen and oxygen atoms in total. The minimum Gasteiger partial charge on any atom is -0.361 e. The lowest BCUT2D eigenvalue weighted by molar-refractivity contribution is 0.0934. The smallest absolute Gasteiger partial charge is 0.270 e. The third-order valence-electron chi connectivity index (χ3n) is 3.03. The molecule has 7 heteroatoms. The van der Waals surface area contributed by atoms with Crippen molar-refractivity contribution in [1.82, 2.24) is 15.5 Å². The Bertz CT molecular complexity index is 586. The molecule has 2 aromatic heterocycles. The number of carbonyl (C=O) groups excluding carboxylic acids is 1. The minimum absolute atomic E-state index is 0.206. The van der Waals surface area contributed by atoms with Crippen LogP contribution in [0.15, 0.2) is 22.9 Å². The summed E-state index contributed by atoms with van der Waals surface area (Å²) in [6.07, 6.45) is 1.50. The Morgan fingerprint density at radius 2 is 2.15 bits per heavy atom. The van der Waals surface area contributed by atoms with Gasteiger partial charge in [0.25, 0.3) is 5.91 Å². The van der Waals surface area contributed by atoms with Gasteiger partial charge in [-0.25, -0.2) is 4.98 Å². The summed E-state index contributed by atoms with van der Waals surface area (Å²) in [5.74, 6) is 5.68. The fraction of sp³-hybridized carbons (Fsp3) is 0.308. The largest absolute Gasteiger partial charge is 0.361 e. The van der Waals surface area contributed by atoms with Crippen molar-refractivity contribution in [2.75, 3.05) is 5.43 Å². The Morgan fingerprint density at radius 3 is 2.65 bits per heavy atom. The van der Waals surface area contributed by atoms with Gasteiger partial charge < -0.3 is 15.3 Å². The SMILES string of the molecule is Cc1noc(C)c1C(C)NC(=O)c1ccc(NN)cn1. The van der Waals surface area contributed by atoms with Crippen LogP contribution in [0.2, 0.25) is 0 Å². The van der Waals surface area contributed by atoms with Gasteiger partial charge in [0.2, 0.25) is 0 Å². The average molecular weight is 275 g/mol. The summed E-state index contributed by atoms with van der Waals surface area (Å²) < 4.78 is 5.09. The van der Waals surface area contributed by atoms with E-state index >= 15 is 0 Å². The number of hydrogen-bond donors (Lipinski definition) is 3. The molecule has 0 bridgehead atoms. The first-order valence-corrected chi connectivity index (χ1v) is 6.19. The molecule has 0 saturated carbocycles. The minimum atomic E-state index is -0.263. The third kappa shape index (κ3) is 2.77. The first-order valence-electron chi connectivity index (χ1n) is 6.19. The van der Waals surface area contributed by atoms with E-state index in [4.69, 9.17) is 10.4 Å². The van der Waals surface area contributed by atoms with Crippen molar-refractivity contribution < 1.29 is 9.32 Å². The van der Waals surface area contributed by atoms with E-state index < -0.39 is 0 Å². The van der Waals surface area contributed by atoms with Crippen LogP contribution in [0.25, 0.3) is 0 Å². The highest BCUT2D eigenvalue weighted by molar-refractivity contribution is 5.92. The second kappa shape index (κ2) is 5.70. The van der Waals surface area contributed by atoms with Gasteiger partial charge in [-0.1, -0.05) is 5.16 Å². The summed E-state index contributed by atoms with van der Waals surface area (Å²) in [5.41, 5.74) is 5.07. The zero-order chi connectivity index (χ0) is 14.7. The number of pyridine rings is 1. The lowest BCUT2D eigenvalue weighted by Gasteiger charge is -2.13. The van der Waals surface area contributed by atoms with Crippen molar-refractivity contribution in [2.45, 2.75) is 26.8 Å². The molecular weight excluding hydrogens is 258 g/mol. The monoisotopic (exact) mass is 275 g/mol. The van der Waals surface area contributed by atoms with E-state index in [1.165, 1.54) is 6.20 Å². The maximum Gasteiger partial charge on any atom is 0.270 e. The highest BCUT2D eigenvalue weighted by Gasteiger charge is 2.19. The Balaban J connectivity index is 2.11. The van der Waals surface area contributed by atoms with Gasteiger partial charge >= 0.3 is 0 Å². The maximum absolute atomic E-state index is 12.1. The molecule has 2 aromatic rings. The summed E-state index contributed by atoms with van der Waals surface area (Å²) >= 11 is 0. The molecule has 1 amide bonds. The normalized spacial score (nSPS) is 12.0. The van der Waals surface area contributed by atoms with E-state index in [0.717, 1.165) is 11.3 Å². The van der Waals surface area contributed by atoms with Crippen LogP contribution in [0.1, 0.15) is 40.5 Å². The highest BCUT2D eigenvalue weighted by atomic mass is 16.5. The van der Waals surface area contributed by atoms with E-state index in [1.807, 2.05) is 20.8 Å². The van der Waals surface area contributed by atoms with E-state index in [1.54, 1.807) is 12.1 Å². The molecule has 0 aromatic carbocycles. The molecule has 0 aliphatic carbocycles. The highest BCUT2D eigenvalue weighted by Crippen LogP contribution is 2.21. The van der Waals surface area contributed by atoms with Gasteiger partial charge in [-0.3, -0.25) is 10.6 Å². The summed E-state index contributed by atoms with van der Waals surface area (Å²) in [6, 6.07) is 3.08. The topological polar surface area (TPSA) is 106 Å². The van der Waals surface area contributed by atoms with Gasteiger partial charge in [0.1, 0.15) is 11.5 Å². The van der Waals surface area contributed by atoms with Crippen molar-refractivity contribution >= 4 is 11.6 Å². The first-order chi connectivity index (χ1) is 9.52. The molecule has 1 atom stereocenters. The molecule has 2 rings (SSSR count). The average Bonchev–Trinajstić information content (AvgIpc) is 2.78. The number of nitrogens with zero attached hydrogens (tertiary/aromatic N) is 2. The molecule has 106 valence electrons. The maximum atomic E-state index is 12.1. The van der Waals surface area contributed by atoms with Crippen LogP contribution < -0.4 is 16.6 Å². The molecule has 1 unspecified atom stereocenters. The Morgan fingerprint density at radius 1 is 1.40 bits per heavy atom. The number of hydrazine groups is 1. The van der Waals surface area contributed by atoms with E-state index in [2.05, 4.69) is 20.9 Å². The second-order valence-electron chi connectivity index (χ2n) is 4.51. The van der Waals surface area contributed by atoms with E-state index in [9.17, 15) is 4.79 Å². The molecule has 2 heterocycles. The van der Waals surface area contributed by atoms with E-state index in [-0.39, 0.29) is 11.9 Å². The molecule has 0 fully saturated rings. The van der Waals surface area contributed by atoms with Crippen molar-refractivity contribution in [1.29, 1.82) is 0 Å². The molecule has 0 aliphatic rings. The van der Waals surface area contributed by atoms with Gasteiger partial charge in [0.15, 0.2) is 0 Å². The summed E-state index contributed by atoms with van der Waals surface area (Å²) in [6.45, 7) is 5.53. The van der Waals surface area contributed by atoms with Gasteiger partial charge in [0, 0.05) is 5.56 Å². The predicted molar refractivity (Wildman–Crippen MR) is 73.9 cm³/mol. The number of carbonyl (C=O) groups is 1. The van der Waals surface area contributed by atoms with Crippen LogP contribution in [0.3, 0.4) is 0 Å². The van der Waals surface area contributed by atoms with Crippen LogP contribution in [0.5, 0.6) is 0 Å². The Hall–Kier alpha value is -2.41. The zero-order valence-electron chi connectivity index (χ0n) is 11.6. The molecule has 0 saturated heterocycles.